The quantitative estimate of drug-likeness (QED) is 0.665. The maximum absolute atomic E-state index is 10.7. The summed E-state index contributed by atoms with van der Waals surface area (Å²) < 4.78 is 4.94. The van der Waals surface area contributed by atoms with E-state index in [2.05, 4.69) is 0 Å². The van der Waals surface area contributed by atoms with Crippen LogP contribution in [0.4, 0.5) is 0 Å². The molecule has 0 heterocycles. The second-order valence-corrected chi connectivity index (χ2v) is 3.01. The highest BCUT2D eigenvalue weighted by Crippen LogP contribution is 2.20. The van der Waals surface area contributed by atoms with Crippen molar-refractivity contribution in [3.05, 3.63) is 29.3 Å². The van der Waals surface area contributed by atoms with Gasteiger partial charge in [-0.15, -0.1) is 0 Å². The van der Waals surface area contributed by atoms with Gasteiger partial charge in [-0.2, -0.15) is 0 Å². The molecule has 16 heavy (non-hydrogen) atoms. The van der Waals surface area contributed by atoms with Crippen molar-refractivity contribution in [1.82, 2.24) is 0 Å². The van der Waals surface area contributed by atoms with Crippen molar-refractivity contribution in [3.8, 4) is 5.75 Å². The zero-order valence-electron chi connectivity index (χ0n) is 8.34. The Morgan fingerprint density at radius 3 is 2.50 bits per heavy atom. The van der Waals surface area contributed by atoms with E-state index in [1.54, 1.807) is 0 Å². The Labute approximate surface area is 91.3 Å². The van der Waals surface area contributed by atoms with Crippen molar-refractivity contribution in [3.63, 3.8) is 0 Å². The summed E-state index contributed by atoms with van der Waals surface area (Å²) in [6, 6.07) is 4.15. The Bertz CT molecular complexity index is 416. The first kappa shape index (κ1) is 12.0. The van der Waals surface area contributed by atoms with Crippen molar-refractivity contribution < 1.29 is 24.5 Å². The van der Waals surface area contributed by atoms with Gasteiger partial charge in [0.25, 0.3) is 0 Å². The summed E-state index contributed by atoms with van der Waals surface area (Å²) in [5, 5.41) is 17.2. The van der Waals surface area contributed by atoms with Gasteiger partial charge in [0, 0.05) is 12.1 Å². The first-order valence-corrected chi connectivity index (χ1v) is 4.45. The van der Waals surface area contributed by atoms with Crippen molar-refractivity contribution in [2.24, 2.45) is 5.73 Å². The number of aliphatic carboxylic acids is 1. The maximum Gasteiger partial charge on any atom is 0.341 e. The van der Waals surface area contributed by atoms with Gasteiger partial charge in [-0.25, -0.2) is 9.59 Å². The number of carbonyl (C=O) groups is 2. The zero-order chi connectivity index (χ0) is 12.1. The Balaban J connectivity index is 2.97. The van der Waals surface area contributed by atoms with Gasteiger partial charge in [0.2, 0.25) is 0 Å². The second-order valence-electron chi connectivity index (χ2n) is 3.01. The number of carboxylic acids is 2. The van der Waals surface area contributed by atoms with Crippen LogP contribution in [0.25, 0.3) is 0 Å². The molecule has 0 spiro atoms. The Morgan fingerprint density at radius 2 is 2.00 bits per heavy atom. The van der Waals surface area contributed by atoms with E-state index in [-0.39, 0.29) is 17.9 Å². The fraction of sp³-hybridized carbons (Fsp3) is 0.200. The molecule has 1 rings (SSSR count). The molecule has 0 saturated carbocycles. The summed E-state index contributed by atoms with van der Waals surface area (Å²) in [7, 11) is 0. The van der Waals surface area contributed by atoms with Crippen LogP contribution in [0.5, 0.6) is 5.75 Å². The molecule has 0 amide bonds. The van der Waals surface area contributed by atoms with Gasteiger partial charge in [0.15, 0.2) is 6.61 Å². The van der Waals surface area contributed by atoms with Crippen molar-refractivity contribution in [2.75, 3.05) is 6.61 Å². The first-order valence-electron chi connectivity index (χ1n) is 4.45. The maximum atomic E-state index is 10.7. The zero-order valence-corrected chi connectivity index (χ0v) is 8.34. The van der Waals surface area contributed by atoms with E-state index in [4.69, 9.17) is 20.7 Å². The van der Waals surface area contributed by atoms with E-state index in [0.29, 0.717) is 5.56 Å². The van der Waals surface area contributed by atoms with Crippen LogP contribution in [-0.2, 0) is 11.3 Å². The van der Waals surface area contributed by atoms with E-state index in [9.17, 15) is 9.59 Å². The van der Waals surface area contributed by atoms with Crippen LogP contribution in [-0.4, -0.2) is 28.8 Å². The molecule has 86 valence electrons. The molecule has 0 aromatic heterocycles. The molecule has 0 saturated heterocycles. The number of aromatic carboxylic acids is 1. The van der Waals surface area contributed by atoms with Gasteiger partial charge in [-0.1, -0.05) is 6.07 Å². The van der Waals surface area contributed by atoms with Gasteiger partial charge >= 0.3 is 11.9 Å². The average molecular weight is 225 g/mol. The van der Waals surface area contributed by atoms with Gasteiger partial charge in [-0.3, -0.25) is 0 Å². The lowest BCUT2D eigenvalue weighted by Crippen LogP contribution is -2.12. The lowest BCUT2D eigenvalue weighted by atomic mass is 10.1. The van der Waals surface area contributed by atoms with E-state index >= 15 is 0 Å². The van der Waals surface area contributed by atoms with Crippen molar-refractivity contribution in [1.29, 1.82) is 0 Å². The predicted octanol–water partition coefficient (Wildman–Crippen LogP) is 0.307. The molecule has 0 aliphatic rings. The van der Waals surface area contributed by atoms with Crippen LogP contribution in [0.2, 0.25) is 0 Å². The SMILES string of the molecule is NCc1ccc(C(=O)O)cc1OCC(=O)O. The number of ether oxygens (including phenoxy) is 1. The highest BCUT2D eigenvalue weighted by Gasteiger charge is 2.09. The highest BCUT2D eigenvalue weighted by molar-refractivity contribution is 5.88. The minimum Gasteiger partial charge on any atom is -0.482 e. The van der Waals surface area contributed by atoms with Gasteiger partial charge in [0.05, 0.1) is 5.56 Å². The monoisotopic (exact) mass is 225 g/mol. The first-order chi connectivity index (χ1) is 7.54. The number of nitrogens with two attached hydrogens (primary N) is 1. The predicted molar refractivity (Wildman–Crippen MR) is 54.4 cm³/mol. The van der Waals surface area contributed by atoms with E-state index in [1.807, 2.05) is 0 Å². The van der Waals surface area contributed by atoms with E-state index in [0.717, 1.165) is 0 Å². The van der Waals surface area contributed by atoms with Crippen LogP contribution in [0.15, 0.2) is 18.2 Å². The van der Waals surface area contributed by atoms with Crippen molar-refractivity contribution >= 4 is 11.9 Å². The van der Waals surface area contributed by atoms with Crippen LogP contribution < -0.4 is 10.5 Å². The summed E-state index contributed by atoms with van der Waals surface area (Å²) >= 11 is 0. The van der Waals surface area contributed by atoms with Gasteiger partial charge < -0.3 is 20.7 Å². The van der Waals surface area contributed by atoms with Crippen LogP contribution in [0.3, 0.4) is 0 Å². The fourth-order valence-electron chi connectivity index (χ4n) is 1.13. The molecule has 0 aliphatic heterocycles. The molecule has 1 aromatic carbocycles. The number of rotatable bonds is 5. The second kappa shape index (κ2) is 5.13. The largest absolute Gasteiger partial charge is 0.482 e. The third-order valence-corrected chi connectivity index (χ3v) is 1.89. The molecule has 0 fully saturated rings. The Kier molecular flexibility index (Phi) is 3.84. The molecule has 6 heteroatoms. The molecule has 6 nitrogen and oxygen atoms in total. The number of carboxylic acid groups (broad SMARTS) is 2. The van der Waals surface area contributed by atoms with Crippen LogP contribution >= 0.6 is 0 Å². The molecular weight excluding hydrogens is 214 g/mol. The van der Waals surface area contributed by atoms with Crippen LogP contribution in [0, 0.1) is 0 Å². The molecule has 0 radical (unpaired) electrons. The number of hydrogen-bond donors (Lipinski definition) is 3. The molecule has 0 unspecified atom stereocenters. The van der Waals surface area contributed by atoms with Gasteiger partial charge in [0.1, 0.15) is 5.75 Å². The fourth-order valence-corrected chi connectivity index (χ4v) is 1.13. The van der Waals surface area contributed by atoms with E-state index in [1.165, 1.54) is 18.2 Å². The third kappa shape index (κ3) is 2.96. The summed E-state index contributed by atoms with van der Waals surface area (Å²) in [4.78, 5) is 21.0. The normalized spacial score (nSPS) is 9.81. The molecule has 4 N–H and O–H groups in total. The Hall–Kier alpha value is -2.08. The molecule has 0 atom stereocenters. The van der Waals surface area contributed by atoms with Crippen molar-refractivity contribution in [2.45, 2.75) is 6.54 Å². The lowest BCUT2D eigenvalue weighted by Gasteiger charge is -2.09. The molecule has 1 aromatic rings. The van der Waals surface area contributed by atoms with Gasteiger partial charge in [-0.05, 0) is 12.1 Å². The molecule has 0 bridgehead atoms. The summed E-state index contributed by atoms with van der Waals surface area (Å²) in [5.74, 6) is -2.06. The topological polar surface area (TPSA) is 110 Å². The smallest absolute Gasteiger partial charge is 0.341 e. The summed E-state index contributed by atoms with van der Waals surface area (Å²) in [6.45, 7) is -0.384. The number of benzene rings is 1. The average Bonchev–Trinajstić information content (AvgIpc) is 2.25. The molecular formula is C10H11NO5. The Morgan fingerprint density at radius 1 is 1.31 bits per heavy atom. The minimum atomic E-state index is -1.14. The minimum absolute atomic E-state index is 0.0255. The number of hydrogen-bond acceptors (Lipinski definition) is 4. The summed E-state index contributed by atoms with van der Waals surface area (Å²) in [5.41, 5.74) is 6.00. The lowest BCUT2D eigenvalue weighted by molar-refractivity contribution is -0.139. The van der Waals surface area contributed by atoms with Crippen LogP contribution in [0.1, 0.15) is 15.9 Å². The summed E-state index contributed by atoms with van der Waals surface area (Å²) in [6.07, 6.45) is 0. The highest BCUT2D eigenvalue weighted by atomic mass is 16.5. The van der Waals surface area contributed by atoms with E-state index < -0.39 is 18.5 Å². The molecule has 0 aliphatic carbocycles. The standard InChI is InChI=1S/C10H11NO5/c11-4-7-2-1-6(10(14)15)3-8(7)16-5-9(12)13/h1-3H,4-5,11H2,(H,12,13)(H,14,15). The third-order valence-electron chi connectivity index (χ3n) is 1.89.